The van der Waals surface area contributed by atoms with Gasteiger partial charge in [-0.05, 0) is 57.7 Å². The minimum Gasteiger partial charge on any atom is -0.508 e. The number of aromatic nitrogens is 2. The van der Waals surface area contributed by atoms with Crippen LogP contribution in [0.15, 0.2) is 28.7 Å². The summed E-state index contributed by atoms with van der Waals surface area (Å²) in [5, 5.41) is 33.7. The Balaban J connectivity index is 0.00000320. The van der Waals surface area contributed by atoms with Crippen molar-refractivity contribution < 1.29 is 19.4 Å². The molecular weight excluding hydrogens is 410 g/mol. The van der Waals surface area contributed by atoms with Gasteiger partial charge in [0.2, 0.25) is 17.7 Å². The Hall–Kier alpha value is -2.20. The molecule has 0 saturated carbocycles. The van der Waals surface area contributed by atoms with Crippen LogP contribution in [0.2, 0.25) is 0 Å². The van der Waals surface area contributed by atoms with Crippen LogP contribution in [-0.2, 0) is 11.2 Å². The molecule has 2 heterocycles. The van der Waals surface area contributed by atoms with Crippen molar-refractivity contribution in [1.29, 1.82) is 0 Å². The highest BCUT2D eigenvalue weighted by atomic mass is 35.5. The van der Waals surface area contributed by atoms with E-state index >= 15 is 0 Å². The van der Waals surface area contributed by atoms with Crippen LogP contribution < -0.4 is 10.6 Å². The van der Waals surface area contributed by atoms with Gasteiger partial charge in [0.05, 0.1) is 6.61 Å². The summed E-state index contributed by atoms with van der Waals surface area (Å²) in [6, 6.07) is 5.90. The predicted octanol–water partition coefficient (Wildman–Crippen LogP) is 1.19. The van der Waals surface area contributed by atoms with Crippen molar-refractivity contribution >= 4 is 18.3 Å². The first-order valence-electron chi connectivity index (χ1n) is 9.87. The lowest BCUT2D eigenvalue weighted by molar-refractivity contribution is -0.126. The molecule has 1 saturated heterocycles. The average molecular weight is 440 g/mol. The number of halogens is 1. The van der Waals surface area contributed by atoms with E-state index in [2.05, 4.69) is 20.8 Å². The predicted molar refractivity (Wildman–Crippen MR) is 113 cm³/mol. The molecule has 0 spiro atoms. The summed E-state index contributed by atoms with van der Waals surface area (Å²) in [7, 11) is 3.63. The molecule has 30 heavy (non-hydrogen) atoms. The van der Waals surface area contributed by atoms with Gasteiger partial charge in [0.15, 0.2) is 0 Å². The van der Waals surface area contributed by atoms with E-state index in [0.29, 0.717) is 18.2 Å². The van der Waals surface area contributed by atoms with Crippen LogP contribution in [0, 0.1) is 5.92 Å². The number of nitrogens with one attached hydrogen (secondary N) is 2. The Bertz CT molecular complexity index is 793. The zero-order chi connectivity index (χ0) is 20.8. The third kappa shape index (κ3) is 6.15. The van der Waals surface area contributed by atoms with E-state index in [1.54, 1.807) is 29.2 Å². The maximum Gasteiger partial charge on any atom is 0.239 e. The topological polar surface area (TPSA) is 124 Å². The van der Waals surface area contributed by atoms with Crippen molar-refractivity contribution in [3.63, 3.8) is 0 Å². The van der Waals surface area contributed by atoms with Gasteiger partial charge < -0.3 is 25.3 Å². The Morgan fingerprint density at radius 1 is 1.23 bits per heavy atom. The highest BCUT2D eigenvalue weighted by molar-refractivity contribution is 5.85. The summed E-state index contributed by atoms with van der Waals surface area (Å²) in [5.41, 5.74) is 0.921. The Morgan fingerprint density at radius 2 is 1.87 bits per heavy atom. The van der Waals surface area contributed by atoms with Crippen LogP contribution in [0.5, 0.6) is 5.75 Å². The van der Waals surface area contributed by atoms with E-state index in [1.165, 1.54) is 0 Å². The number of phenols is 1. The van der Waals surface area contributed by atoms with E-state index in [1.807, 2.05) is 14.1 Å². The van der Waals surface area contributed by atoms with Gasteiger partial charge in [-0.1, -0.05) is 12.1 Å². The summed E-state index contributed by atoms with van der Waals surface area (Å²) < 4.78 is 5.84. The lowest BCUT2D eigenvalue weighted by Gasteiger charge is -2.24. The average Bonchev–Trinajstić information content (AvgIpc) is 3.19. The van der Waals surface area contributed by atoms with Gasteiger partial charge in [-0.25, -0.2) is 0 Å². The Morgan fingerprint density at radius 3 is 2.47 bits per heavy atom. The molecule has 1 aliphatic heterocycles. The number of benzene rings is 1. The molecule has 0 bridgehead atoms. The molecule has 1 aromatic carbocycles. The maximum atomic E-state index is 12.8. The van der Waals surface area contributed by atoms with Gasteiger partial charge in [0.1, 0.15) is 17.8 Å². The largest absolute Gasteiger partial charge is 0.508 e. The monoisotopic (exact) mass is 439 g/mol. The number of piperidine rings is 1. The van der Waals surface area contributed by atoms with Crippen LogP contribution in [0.1, 0.15) is 42.3 Å². The smallest absolute Gasteiger partial charge is 0.239 e. The number of likely N-dealkylation sites (N-methyl/N-ethyl adjacent to an activating group) is 1. The molecule has 1 aliphatic rings. The van der Waals surface area contributed by atoms with Crippen LogP contribution in [0.25, 0.3) is 0 Å². The van der Waals surface area contributed by atoms with Gasteiger partial charge in [-0.15, -0.1) is 22.6 Å². The van der Waals surface area contributed by atoms with Crippen LogP contribution in [-0.4, -0.2) is 65.0 Å². The molecule has 10 heteroatoms. The molecule has 1 amide bonds. The number of hydrogen-bond acceptors (Lipinski definition) is 8. The first-order valence-corrected chi connectivity index (χ1v) is 9.87. The zero-order valence-corrected chi connectivity index (χ0v) is 18.1. The number of aliphatic hydroxyl groups is 1. The minimum atomic E-state index is -0.496. The van der Waals surface area contributed by atoms with Crippen LogP contribution >= 0.6 is 12.4 Å². The number of carbonyl (C=O) groups is 1. The number of hydrogen-bond donors (Lipinski definition) is 4. The third-order valence-electron chi connectivity index (χ3n) is 5.24. The van der Waals surface area contributed by atoms with E-state index in [9.17, 15) is 15.0 Å². The second-order valence-electron chi connectivity index (χ2n) is 7.60. The second kappa shape index (κ2) is 11.3. The van der Waals surface area contributed by atoms with Gasteiger partial charge in [0, 0.05) is 12.3 Å². The number of aliphatic hydroxyl groups excluding tert-OH is 1. The molecule has 1 aromatic heterocycles. The molecule has 0 aliphatic carbocycles. The maximum absolute atomic E-state index is 12.8. The summed E-state index contributed by atoms with van der Waals surface area (Å²) in [5.74, 6) is 0.713. The SMILES string of the molecule is CN(C)[C@@H](CO)c1nnc([C@H](Cc2ccc(O)cc2)NC(=O)C2CCNCC2)o1.Cl. The lowest BCUT2D eigenvalue weighted by Crippen LogP contribution is -2.40. The molecule has 2 aromatic rings. The zero-order valence-electron chi connectivity index (χ0n) is 17.2. The Kier molecular flexibility index (Phi) is 9.04. The number of rotatable bonds is 8. The number of phenolic OH excluding ortho intramolecular Hbond substituents is 1. The fraction of sp³-hybridized carbons (Fsp3) is 0.550. The van der Waals surface area contributed by atoms with Crippen molar-refractivity contribution in [2.24, 2.45) is 5.92 Å². The number of aromatic hydroxyl groups is 1. The highest BCUT2D eigenvalue weighted by Crippen LogP contribution is 2.24. The first kappa shape index (κ1) is 24.1. The van der Waals surface area contributed by atoms with Crippen LogP contribution in [0.3, 0.4) is 0 Å². The molecular formula is C20H30ClN5O4. The quantitative estimate of drug-likeness (QED) is 0.483. The van der Waals surface area contributed by atoms with Crippen LogP contribution in [0.4, 0.5) is 0 Å². The summed E-state index contributed by atoms with van der Waals surface area (Å²) in [6.07, 6.45) is 2.03. The standard InChI is InChI=1S/C20H29N5O4.ClH/c1-25(2)17(12-26)20-24-23-19(29-20)16(11-13-3-5-15(27)6-4-13)22-18(28)14-7-9-21-10-8-14;/h3-6,14,16-17,21,26-27H,7-12H2,1-2H3,(H,22,28);1H/t16-,17-;/m0./s1. The fourth-order valence-electron chi connectivity index (χ4n) is 3.43. The molecule has 0 unspecified atom stereocenters. The van der Waals surface area contributed by atoms with Crippen molar-refractivity contribution in [1.82, 2.24) is 25.7 Å². The van der Waals surface area contributed by atoms with Crippen molar-refractivity contribution in [2.45, 2.75) is 31.3 Å². The molecule has 166 valence electrons. The van der Waals surface area contributed by atoms with Crippen molar-refractivity contribution in [3.8, 4) is 5.75 Å². The normalized spacial score (nSPS) is 16.7. The first-order chi connectivity index (χ1) is 14.0. The minimum absolute atomic E-state index is 0. The molecule has 1 fully saturated rings. The summed E-state index contributed by atoms with van der Waals surface area (Å²) >= 11 is 0. The van der Waals surface area contributed by atoms with Crippen molar-refractivity contribution in [3.05, 3.63) is 41.6 Å². The highest BCUT2D eigenvalue weighted by Gasteiger charge is 2.28. The van der Waals surface area contributed by atoms with Gasteiger partial charge in [0.25, 0.3) is 0 Å². The van der Waals surface area contributed by atoms with E-state index < -0.39 is 12.1 Å². The molecule has 0 radical (unpaired) electrons. The van der Waals surface area contributed by atoms with E-state index in [4.69, 9.17) is 4.42 Å². The van der Waals surface area contributed by atoms with Gasteiger partial charge in [-0.2, -0.15) is 0 Å². The molecule has 3 rings (SSSR count). The van der Waals surface area contributed by atoms with Gasteiger partial charge in [-0.3, -0.25) is 9.69 Å². The van der Waals surface area contributed by atoms with E-state index in [-0.39, 0.29) is 36.6 Å². The number of amides is 1. The number of nitrogens with zero attached hydrogens (tertiary/aromatic N) is 3. The fourth-order valence-corrected chi connectivity index (χ4v) is 3.43. The number of carbonyl (C=O) groups excluding carboxylic acids is 1. The molecule has 9 nitrogen and oxygen atoms in total. The van der Waals surface area contributed by atoms with Crippen molar-refractivity contribution in [2.75, 3.05) is 33.8 Å². The lowest BCUT2D eigenvalue weighted by atomic mass is 9.96. The third-order valence-corrected chi connectivity index (χ3v) is 5.24. The van der Waals surface area contributed by atoms with Gasteiger partial charge >= 0.3 is 0 Å². The summed E-state index contributed by atoms with van der Waals surface area (Å²) in [6.45, 7) is 1.50. The second-order valence-corrected chi connectivity index (χ2v) is 7.60. The summed E-state index contributed by atoms with van der Waals surface area (Å²) in [4.78, 5) is 14.6. The Labute approximate surface area is 182 Å². The molecule has 4 N–H and O–H groups in total. The van der Waals surface area contributed by atoms with E-state index in [0.717, 1.165) is 31.5 Å². The molecule has 2 atom stereocenters.